The summed E-state index contributed by atoms with van der Waals surface area (Å²) in [4.78, 5) is 27.2. The normalized spacial score (nSPS) is 16.4. The van der Waals surface area contributed by atoms with E-state index in [-0.39, 0.29) is 30.1 Å². The Morgan fingerprint density at radius 3 is 2.76 bits per heavy atom. The SMILES string of the molecule is CNC(=O)OCC(=O)N1CCN(c2cc(-c3ccccc3O)nnc2N)CC1C. The van der Waals surface area contributed by atoms with E-state index in [4.69, 9.17) is 10.5 Å². The lowest BCUT2D eigenvalue weighted by atomic mass is 10.1. The van der Waals surface area contributed by atoms with Crippen molar-refractivity contribution < 1.29 is 19.4 Å². The molecule has 0 aliphatic carbocycles. The molecule has 10 heteroatoms. The molecule has 0 saturated carbocycles. The molecule has 154 valence electrons. The number of phenols is 1. The molecule has 2 heterocycles. The van der Waals surface area contributed by atoms with E-state index < -0.39 is 6.09 Å². The number of hydrogen-bond acceptors (Lipinski definition) is 8. The summed E-state index contributed by atoms with van der Waals surface area (Å²) < 4.78 is 4.84. The van der Waals surface area contributed by atoms with Crippen LogP contribution in [-0.4, -0.2) is 71.5 Å². The van der Waals surface area contributed by atoms with Crippen molar-refractivity contribution in [2.45, 2.75) is 13.0 Å². The summed E-state index contributed by atoms with van der Waals surface area (Å²) in [5.74, 6) is 0.132. The van der Waals surface area contributed by atoms with Gasteiger partial charge in [0, 0.05) is 38.3 Å². The predicted molar refractivity (Wildman–Crippen MR) is 107 cm³/mol. The molecule has 2 aromatic rings. The zero-order valence-electron chi connectivity index (χ0n) is 16.3. The molecule has 3 rings (SSSR count). The summed E-state index contributed by atoms with van der Waals surface area (Å²) in [5, 5.41) is 20.5. The molecule has 0 bridgehead atoms. The number of para-hydroxylation sites is 1. The van der Waals surface area contributed by atoms with Crippen molar-refractivity contribution in [3.8, 4) is 17.0 Å². The first-order valence-corrected chi connectivity index (χ1v) is 9.21. The molecule has 1 unspecified atom stereocenters. The third-order valence-electron chi connectivity index (χ3n) is 4.80. The number of nitrogens with zero attached hydrogens (tertiary/aromatic N) is 4. The molecule has 4 N–H and O–H groups in total. The number of nitrogens with one attached hydrogen (secondary N) is 1. The van der Waals surface area contributed by atoms with E-state index in [1.807, 2.05) is 11.8 Å². The highest BCUT2D eigenvalue weighted by molar-refractivity contribution is 5.81. The van der Waals surface area contributed by atoms with E-state index in [9.17, 15) is 14.7 Å². The van der Waals surface area contributed by atoms with Crippen LogP contribution in [0.25, 0.3) is 11.3 Å². The maximum atomic E-state index is 12.3. The number of alkyl carbamates (subject to hydrolysis) is 1. The molecule has 1 saturated heterocycles. The number of nitrogens with two attached hydrogens (primary N) is 1. The minimum absolute atomic E-state index is 0.109. The molecule has 10 nitrogen and oxygen atoms in total. The summed E-state index contributed by atoms with van der Waals surface area (Å²) in [6.45, 7) is 3.12. The first-order chi connectivity index (χ1) is 13.9. The van der Waals surface area contributed by atoms with Gasteiger partial charge in [-0.25, -0.2) is 4.79 Å². The molecule has 1 atom stereocenters. The average molecular weight is 400 g/mol. The van der Waals surface area contributed by atoms with Crippen molar-refractivity contribution in [2.75, 3.05) is 43.9 Å². The van der Waals surface area contributed by atoms with Crippen molar-refractivity contribution in [3.05, 3.63) is 30.3 Å². The minimum atomic E-state index is -0.642. The van der Waals surface area contributed by atoms with Crippen LogP contribution in [0, 0.1) is 0 Å². The molecular formula is C19H24N6O4. The zero-order chi connectivity index (χ0) is 21.0. The van der Waals surface area contributed by atoms with E-state index in [0.717, 1.165) is 0 Å². The molecule has 1 aromatic carbocycles. The van der Waals surface area contributed by atoms with Gasteiger partial charge in [0.15, 0.2) is 12.4 Å². The Labute approximate surface area is 168 Å². The lowest BCUT2D eigenvalue weighted by Crippen LogP contribution is -2.55. The molecule has 2 amide bonds. The first kappa shape index (κ1) is 20.2. The van der Waals surface area contributed by atoms with Gasteiger partial charge < -0.3 is 30.7 Å². The molecule has 1 fully saturated rings. The molecule has 29 heavy (non-hydrogen) atoms. The van der Waals surface area contributed by atoms with Gasteiger partial charge in [0.1, 0.15) is 5.75 Å². The lowest BCUT2D eigenvalue weighted by Gasteiger charge is -2.41. The second kappa shape index (κ2) is 8.63. The van der Waals surface area contributed by atoms with Crippen molar-refractivity contribution in [1.29, 1.82) is 0 Å². The summed E-state index contributed by atoms with van der Waals surface area (Å²) in [6.07, 6.45) is -0.642. The average Bonchev–Trinajstić information content (AvgIpc) is 2.72. The van der Waals surface area contributed by atoms with Gasteiger partial charge in [-0.1, -0.05) is 12.1 Å². The topological polar surface area (TPSA) is 134 Å². The monoisotopic (exact) mass is 400 g/mol. The predicted octanol–water partition coefficient (Wildman–Crippen LogP) is 0.824. The third-order valence-corrected chi connectivity index (χ3v) is 4.80. The van der Waals surface area contributed by atoms with Crippen molar-refractivity contribution in [2.24, 2.45) is 0 Å². The Kier molecular flexibility index (Phi) is 6.01. The maximum Gasteiger partial charge on any atom is 0.407 e. The van der Waals surface area contributed by atoms with Gasteiger partial charge in [0.2, 0.25) is 0 Å². The molecule has 1 aliphatic heterocycles. The standard InChI is InChI=1S/C19H24N6O4/c1-12-10-24(7-8-25(12)17(27)11-29-19(28)21-2)15-9-14(22-23-18(15)20)13-5-3-4-6-16(13)26/h3-6,9,12,26H,7-8,10-11H2,1-2H3,(H2,20,23)(H,21,28). The van der Waals surface area contributed by atoms with E-state index in [0.29, 0.717) is 36.6 Å². The van der Waals surface area contributed by atoms with Gasteiger partial charge in [-0.3, -0.25) is 4.79 Å². The number of ether oxygens (including phenoxy) is 1. The highest BCUT2D eigenvalue weighted by atomic mass is 16.6. The van der Waals surface area contributed by atoms with Crippen molar-refractivity contribution in [1.82, 2.24) is 20.4 Å². The largest absolute Gasteiger partial charge is 0.507 e. The first-order valence-electron chi connectivity index (χ1n) is 9.21. The van der Waals surface area contributed by atoms with Gasteiger partial charge >= 0.3 is 6.09 Å². The van der Waals surface area contributed by atoms with Gasteiger partial charge in [-0.2, -0.15) is 0 Å². The number of aromatic hydroxyl groups is 1. The summed E-state index contributed by atoms with van der Waals surface area (Å²) in [5.41, 5.74) is 7.82. The third kappa shape index (κ3) is 4.48. The number of phenolic OH excluding ortho intramolecular Hbond substituents is 1. The van der Waals surface area contributed by atoms with E-state index >= 15 is 0 Å². The van der Waals surface area contributed by atoms with Crippen LogP contribution in [0.15, 0.2) is 30.3 Å². The fraction of sp³-hybridized carbons (Fsp3) is 0.368. The van der Waals surface area contributed by atoms with Crippen LogP contribution >= 0.6 is 0 Å². The second-order valence-corrected chi connectivity index (χ2v) is 6.73. The Morgan fingerprint density at radius 2 is 2.07 bits per heavy atom. The smallest absolute Gasteiger partial charge is 0.407 e. The van der Waals surface area contributed by atoms with Gasteiger partial charge in [0.05, 0.1) is 11.4 Å². The summed E-state index contributed by atoms with van der Waals surface area (Å²) in [6, 6.07) is 8.54. The van der Waals surface area contributed by atoms with E-state index in [2.05, 4.69) is 15.5 Å². The molecular weight excluding hydrogens is 376 g/mol. The second-order valence-electron chi connectivity index (χ2n) is 6.73. The lowest BCUT2D eigenvalue weighted by molar-refractivity contribution is -0.136. The number of hydrogen-bond donors (Lipinski definition) is 3. The van der Waals surface area contributed by atoms with Crippen LogP contribution in [0.4, 0.5) is 16.3 Å². The molecule has 1 aromatic heterocycles. The van der Waals surface area contributed by atoms with E-state index in [1.54, 1.807) is 35.2 Å². The van der Waals surface area contributed by atoms with Gasteiger partial charge in [-0.05, 0) is 25.1 Å². The Bertz CT molecular complexity index is 906. The van der Waals surface area contributed by atoms with Crippen LogP contribution in [0.2, 0.25) is 0 Å². The number of rotatable bonds is 4. The number of anilines is 2. The Morgan fingerprint density at radius 1 is 1.31 bits per heavy atom. The van der Waals surface area contributed by atoms with Crippen LogP contribution < -0.4 is 16.0 Å². The number of benzene rings is 1. The molecule has 0 spiro atoms. The van der Waals surface area contributed by atoms with Crippen LogP contribution in [0.1, 0.15) is 6.92 Å². The minimum Gasteiger partial charge on any atom is -0.507 e. The van der Waals surface area contributed by atoms with Crippen LogP contribution in [0.3, 0.4) is 0 Å². The number of amides is 2. The fourth-order valence-electron chi connectivity index (χ4n) is 3.30. The van der Waals surface area contributed by atoms with Crippen LogP contribution in [0.5, 0.6) is 5.75 Å². The van der Waals surface area contributed by atoms with Gasteiger partial charge in [0.25, 0.3) is 5.91 Å². The summed E-state index contributed by atoms with van der Waals surface area (Å²) >= 11 is 0. The number of nitrogen functional groups attached to an aromatic ring is 1. The Balaban J connectivity index is 1.73. The van der Waals surface area contributed by atoms with Crippen molar-refractivity contribution in [3.63, 3.8) is 0 Å². The highest BCUT2D eigenvalue weighted by Gasteiger charge is 2.29. The Hall–Kier alpha value is -3.56. The number of carbonyl (C=O) groups excluding carboxylic acids is 2. The van der Waals surface area contributed by atoms with Crippen molar-refractivity contribution >= 4 is 23.5 Å². The molecule has 0 radical (unpaired) electrons. The number of carbonyl (C=O) groups is 2. The molecule has 1 aliphatic rings. The maximum absolute atomic E-state index is 12.3. The van der Waals surface area contributed by atoms with Gasteiger partial charge in [-0.15, -0.1) is 10.2 Å². The van der Waals surface area contributed by atoms with E-state index in [1.165, 1.54) is 7.05 Å². The highest BCUT2D eigenvalue weighted by Crippen LogP contribution is 2.32. The van der Waals surface area contributed by atoms with Crippen LogP contribution in [-0.2, 0) is 9.53 Å². The summed E-state index contributed by atoms with van der Waals surface area (Å²) in [7, 11) is 1.44. The number of aromatic nitrogens is 2. The zero-order valence-corrected chi connectivity index (χ0v) is 16.3. The quantitative estimate of drug-likeness (QED) is 0.687. The number of piperazine rings is 1. The fourth-order valence-corrected chi connectivity index (χ4v) is 3.30.